The summed E-state index contributed by atoms with van der Waals surface area (Å²) in [6.45, 7) is 5.12. The van der Waals surface area contributed by atoms with Crippen LogP contribution in [-0.2, 0) is 4.79 Å². The number of halogens is 1. The topological polar surface area (TPSA) is 41.1 Å². The summed E-state index contributed by atoms with van der Waals surface area (Å²) in [7, 11) is 0. The summed E-state index contributed by atoms with van der Waals surface area (Å²) in [6, 6.07) is 7.92. The van der Waals surface area contributed by atoms with Crippen molar-refractivity contribution in [3.63, 3.8) is 0 Å². The molecule has 1 amide bonds. The lowest BCUT2D eigenvalue weighted by Crippen LogP contribution is -2.35. The molecule has 1 rings (SSSR count). The van der Waals surface area contributed by atoms with Crippen molar-refractivity contribution in [2.75, 3.05) is 13.1 Å². The van der Waals surface area contributed by atoms with Crippen molar-refractivity contribution >= 4 is 21.8 Å². The molecule has 2 N–H and O–H groups in total. The van der Waals surface area contributed by atoms with Crippen molar-refractivity contribution in [2.24, 2.45) is 0 Å². The lowest BCUT2D eigenvalue weighted by Gasteiger charge is -2.15. The number of amides is 1. The largest absolute Gasteiger partial charge is 0.348 e. The van der Waals surface area contributed by atoms with Gasteiger partial charge in [-0.3, -0.25) is 4.79 Å². The number of likely N-dealkylation sites (N-methyl/N-ethyl adjacent to an activating group) is 1. The first kappa shape index (κ1) is 13.2. The fraction of sp³-hybridized carbons (Fsp3) is 0.417. The van der Waals surface area contributed by atoms with Crippen LogP contribution in [0.2, 0.25) is 0 Å². The molecule has 4 heteroatoms. The Morgan fingerprint density at radius 1 is 1.44 bits per heavy atom. The minimum Gasteiger partial charge on any atom is -0.348 e. The van der Waals surface area contributed by atoms with Crippen LogP contribution < -0.4 is 10.6 Å². The Balaban J connectivity index is 2.55. The molecule has 0 aliphatic heterocycles. The highest BCUT2D eigenvalue weighted by atomic mass is 79.9. The van der Waals surface area contributed by atoms with E-state index in [-0.39, 0.29) is 11.9 Å². The van der Waals surface area contributed by atoms with Gasteiger partial charge in [0, 0.05) is 4.47 Å². The Kier molecular flexibility index (Phi) is 5.49. The van der Waals surface area contributed by atoms with Crippen molar-refractivity contribution in [3.05, 3.63) is 34.3 Å². The normalized spacial score (nSPS) is 12.2. The van der Waals surface area contributed by atoms with Crippen LogP contribution in [0.5, 0.6) is 0 Å². The van der Waals surface area contributed by atoms with E-state index in [1.165, 1.54) is 0 Å². The number of rotatable bonds is 5. The van der Waals surface area contributed by atoms with Crippen LogP contribution in [0.25, 0.3) is 0 Å². The highest BCUT2D eigenvalue weighted by Crippen LogP contribution is 2.22. The Morgan fingerprint density at radius 3 is 2.75 bits per heavy atom. The van der Waals surface area contributed by atoms with Gasteiger partial charge in [-0.15, -0.1) is 0 Å². The number of hydrogen-bond acceptors (Lipinski definition) is 2. The molecule has 0 saturated heterocycles. The molecule has 88 valence electrons. The van der Waals surface area contributed by atoms with Crippen LogP contribution in [-0.4, -0.2) is 19.0 Å². The van der Waals surface area contributed by atoms with E-state index in [2.05, 4.69) is 26.6 Å². The maximum Gasteiger partial charge on any atom is 0.234 e. The molecule has 0 saturated carbocycles. The van der Waals surface area contributed by atoms with Crippen LogP contribution in [0.1, 0.15) is 25.5 Å². The van der Waals surface area contributed by atoms with Crippen LogP contribution in [0.15, 0.2) is 28.7 Å². The van der Waals surface area contributed by atoms with E-state index in [4.69, 9.17) is 0 Å². The van der Waals surface area contributed by atoms with Gasteiger partial charge in [0.2, 0.25) is 5.91 Å². The van der Waals surface area contributed by atoms with E-state index in [0.29, 0.717) is 6.54 Å². The second-order valence-corrected chi connectivity index (χ2v) is 4.45. The standard InChI is InChI=1S/C12H17BrN2O/c1-3-14-8-12(16)15-9(2)10-6-4-5-7-11(10)13/h4-7,9,14H,3,8H2,1-2H3,(H,15,16)/t9-/m1/s1. The SMILES string of the molecule is CCNCC(=O)N[C@H](C)c1ccccc1Br. The van der Waals surface area contributed by atoms with Crippen LogP contribution in [0, 0.1) is 0 Å². The first-order valence-corrected chi connectivity index (χ1v) is 6.19. The van der Waals surface area contributed by atoms with E-state index in [1.807, 2.05) is 38.1 Å². The Hall–Kier alpha value is -0.870. The Bertz CT molecular complexity index is 355. The van der Waals surface area contributed by atoms with Gasteiger partial charge < -0.3 is 10.6 Å². The van der Waals surface area contributed by atoms with Crippen molar-refractivity contribution in [1.29, 1.82) is 0 Å². The van der Waals surface area contributed by atoms with E-state index in [9.17, 15) is 4.79 Å². The third-order valence-corrected chi connectivity index (χ3v) is 3.01. The molecular formula is C12H17BrN2O. The summed E-state index contributed by atoms with van der Waals surface area (Å²) >= 11 is 3.47. The molecule has 0 unspecified atom stereocenters. The molecule has 1 aromatic carbocycles. The lowest BCUT2D eigenvalue weighted by molar-refractivity contribution is -0.120. The molecule has 0 aromatic heterocycles. The third kappa shape index (κ3) is 3.94. The molecule has 0 aliphatic rings. The van der Waals surface area contributed by atoms with Gasteiger partial charge >= 0.3 is 0 Å². The average Bonchev–Trinajstić information content (AvgIpc) is 2.26. The molecule has 0 heterocycles. The molecular weight excluding hydrogens is 268 g/mol. The van der Waals surface area contributed by atoms with Crippen molar-refractivity contribution in [1.82, 2.24) is 10.6 Å². The summed E-state index contributed by atoms with van der Waals surface area (Å²) in [5.41, 5.74) is 1.09. The van der Waals surface area contributed by atoms with E-state index < -0.39 is 0 Å². The van der Waals surface area contributed by atoms with Gasteiger partial charge in [0.25, 0.3) is 0 Å². The van der Waals surface area contributed by atoms with Crippen LogP contribution >= 0.6 is 15.9 Å². The quantitative estimate of drug-likeness (QED) is 0.871. The molecule has 0 spiro atoms. The van der Waals surface area contributed by atoms with Crippen molar-refractivity contribution in [3.8, 4) is 0 Å². The average molecular weight is 285 g/mol. The Morgan fingerprint density at radius 2 is 2.12 bits per heavy atom. The summed E-state index contributed by atoms with van der Waals surface area (Å²) in [4.78, 5) is 11.5. The first-order valence-electron chi connectivity index (χ1n) is 5.39. The number of nitrogens with one attached hydrogen (secondary N) is 2. The monoisotopic (exact) mass is 284 g/mol. The fourth-order valence-corrected chi connectivity index (χ4v) is 2.06. The van der Waals surface area contributed by atoms with Gasteiger partial charge in [-0.25, -0.2) is 0 Å². The zero-order valence-electron chi connectivity index (χ0n) is 9.59. The summed E-state index contributed by atoms with van der Waals surface area (Å²) < 4.78 is 1.02. The molecule has 3 nitrogen and oxygen atoms in total. The molecule has 0 radical (unpaired) electrons. The van der Waals surface area contributed by atoms with E-state index in [0.717, 1.165) is 16.6 Å². The number of benzene rings is 1. The molecule has 0 aliphatic carbocycles. The maximum atomic E-state index is 11.5. The van der Waals surface area contributed by atoms with Gasteiger partial charge in [-0.1, -0.05) is 41.1 Å². The minimum absolute atomic E-state index is 0.0155. The number of carbonyl (C=O) groups excluding carboxylic acids is 1. The fourth-order valence-electron chi connectivity index (χ4n) is 1.44. The summed E-state index contributed by atoms with van der Waals surface area (Å²) in [5.74, 6) is 0.0186. The molecule has 0 bridgehead atoms. The first-order chi connectivity index (χ1) is 7.65. The van der Waals surface area contributed by atoms with Gasteiger partial charge in [0.05, 0.1) is 12.6 Å². The summed E-state index contributed by atoms with van der Waals surface area (Å²) in [6.07, 6.45) is 0. The van der Waals surface area contributed by atoms with Crippen molar-refractivity contribution < 1.29 is 4.79 Å². The maximum absolute atomic E-state index is 11.5. The van der Waals surface area contributed by atoms with Crippen molar-refractivity contribution in [2.45, 2.75) is 19.9 Å². The zero-order valence-corrected chi connectivity index (χ0v) is 11.2. The molecule has 1 aromatic rings. The summed E-state index contributed by atoms with van der Waals surface area (Å²) in [5, 5.41) is 5.94. The smallest absolute Gasteiger partial charge is 0.234 e. The third-order valence-electron chi connectivity index (χ3n) is 2.28. The zero-order chi connectivity index (χ0) is 12.0. The second kappa shape index (κ2) is 6.66. The molecule has 16 heavy (non-hydrogen) atoms. The number of carbonyl (C=O) groups is 1. The number of hydrogen-bond donors (Lipinski definition) is 2. The van der Waals surface area contributed by atoms with E-state index in [1.54, 1.807) is 0 Å². The highest BCUT2D eigenvalue weighted by molar-refractivity contribution is 9.10. The lowest BCUT2D eigenvalue weighted by atomic mass is 10.1. The van der Waals surface area contributed by atoms with Gasteiger partial charge in [-0.05, 0) is 25.1 Å². The second-order valence-electron chi connectivity index (χ2n) is 3.59. The highest BCUT2D eigenvalue weighted by Gasteiger charge is 2.10. The van der Waals surface area contributed by atoms with Crippen LogP contribution in [0.3, 0.4) is 0 Å². The van der Waals surface area contributed by atoms with Gasteiger partial charge in [0.15, 0.2) is 0 Å². The predicted molar refractivity (Wildman–Crippen MR) is 69.2 cm³/mol. The Labute approximate surface area is 105 Å². The molecule has 0 fully saturated rings. The van der Waals surface area contributed by atoms with Crippen LogP contribution in [0.4, 0.5) is 0 Å². The minimum atomic E-state index is 0.0155. The van der Waals surface area contributed by atoms with E-state index >= 15 is 0 Å². The van der Waals surface area contributed by atoms with Gasteiger partial charge in [0.1, 0.15) is 0 Å². The molecule has 1 atom stereocenters. The predicted octanol–water partition coefficient (Wildman–Crippen LogP) is 2.24. The van der Waals surface area contributed by atoms with Gasteiger partial charge in [-0.2, -0.15) is 0 Å².